The Bertz CT molecular complexity index is 615. The molecule has 0 aliphatic rings. The zero-order chi connectivity index (χ0) is 12.4. The van der Waals surface area contributed by atoms with E-state index in [-0.39, 0.29) is 11.1 Å². The minimum Gasteiger partial charge on any atom is -0.478 e. The third-order valence-corrected chi connectivity index (χ3v) is 3.31. The summed E-state index contributed by atoms with van der Waals surface area (Å²) >= 11 is 1.45. The maximum Gasteiger partial charge on any atom is 0.337 e. The average molecular weight is 250 g/mol. The number of carboxylic acid groups (broad SMARTS) is 1. The quantitative estimate of drug-likeness (QED) is 0.892. The Labute approximate surface area is 101 Å². The number of thiazole rings is 1. The summed E-state index contributed by atoms with van der Waals surface area (Å²) in [7, 11) is 0. The first-order valence-electron chi connectivity index (χ1n) is 4.90. The van der Waals surface area contributed by atoms with Crippen LogP contribution in [0.3, 0.4) is 0 Å². The molecule has 5 nitrogen and oxygen atoms in total. The number of nitrogens with zero attached hydrogens (tertiary/aromatic N) is 2. The van der Waals surface area contributed by atoms with Crippen molar-refractivity contribution in [2.75, 3.05) is 0 Å². The molecule has 0 aliphatic carbocycles. The van der Waals surface area contributed by atoms with E-state index in [1.165, 1.54) is 34.2 Å². The zero-order valence-corrected chi connectivity index (χ0v) is 9.90. The lowest BCUT2D eigenvalue weighted by atomic mass is 10.3. The first kappa shape index (κ1) is 11.5. The van der Waals surface area contributed by atoms with E-state index in [4.69, 9.17) is 5.11 Å². The van der Waals surface area contributed by atoms with Crippen LogP contribution in [0.2, 0.25) is 0 Å². The van der Waals surface area contributed by atoms with Crippen LogP contribution in [0.25, 0.3) is 0 Å². The van der Waals surface area contributed by atoms with Gasteiger partial charge in [0.05, 0.1) is 23.3 Å². The molecule has 2 aromatic heterocycles. The van der Waals surface area contributed by atoms with Crippen molar-refractivity contribution in [3.8, 4) is 0 Å². The molecule has 0 unspecified atom stereocenters. The van der Waals surface area contributed by atoms with Gasteiger partial charge in [-0.15, -0.1) is 11.3 Å². The van der Waals surface area contributed by atoms with Gasteiger partial charge >= 0.3 is 5.97 Å². The van der Waals surface area contributed by atoms with Gasteiger partial charge in [0, 0.05) is 17.1 Å². The van der Waals surface area contributed by atoms with Gasteiger partial charge in [0.15, 0.2) is 0 Å². The SMILES string of the molecule is Cc1ncsc1Cn1cc(C(=O)O)ccc1=O. The molecule has 6 heteroatoms. The second kappa shape index (κ2) is 4.50. The lowest BCUT2D eigenvalue weighted by Crippen LogP contribution is -2.20. The second-order valence-corrected chi connectivity index (χ2v) is 4.49. The largest absolute Gasteiger partial charge is 0.478 e. The normalized spacial score (nSPS) is 10.4. The maximum atomic E-state index is 11.6. The van der Waals surface area contributed by atoms with Crippen molar-refractivity contribution < 1.29 is 9.90 Å². The van der Waals surface area contributed by atoms with Crippen molar-refractivity contribution in [1.29, 1.82) is 0 Å². The van der Waals surface area contributed by atoms with E-state index < -0.39 is 5.97 Å². The minimum absolute atomic E-state index is 0.103. The molecule has 0 spiro atoms. The Kier molecular flexibility index (Phi) is 3.06. The van der Waals surface area contributed by atoms with E-state index in [0.717, 1.165) is 10.6 Å². The highest BCUT2D eigenvalue weighted by atomic mass is 32.1. The predicted octanol–water partition coefficient (Wildman–Crippen LogP) is 1.36. The number of carboxylic acids is 1. The molecular formula is C11H10N2O3S. The molecule has 0 aromatic carbocycles. The molecule has 2 rings (SSSR count). The monoisotopic (exact) mass is 250 g/mol. The van der Waals surface area contributed by atoms with Crippen molar-refractivity contribution in [2.45, 2.75) is 13.5 Å². The van der Waals surface area contributed by atoms with Crippen LogP contribution in [0.4, 0.5) is 0 Å². The van der Waals surface area contributed by atoms with Crippen LogP contribution < -0.4 is 5.56 Å². The summed E-state index contributed by atoms with van der Waals surface area (Å²) in [4.78, 5) is 27.4. The fourth-order valence-electron chi connectivity index (χ4n) is 1.41. The standard InChI is InChI=1S/C11H10N2O3S/c1-7-9(17-6-12-7)5-13-4-8(11(15)16)2-3-10(13)14/h2-4,6H,5H2,1H3,(H,15,16). The van der Waals surface area contributed by atoms with Gasteiger partial charge < -0.3 is 9.67 Å². The molecule has 17 heavy (non-hydrogen) atoms. The topological polar surface area (TPSA) is 72.2 Å². The summed E-state index contributed by atoms with van der Waals surface area (Å²) < 4.78 is 1.38. The van der Waals surface area contributed by atoms with Crippen LogP contribution in [-0.2, 0) is 6.54 Å². The number of aryl methyl sites for hydroxylation is 1. The fraction of sp³-hybridized carbons (Fsp3) is 0.182. The highest BCUT2D eigenvalue weighted by molar-refractivity contribution is 7.09. The highest BCUT2D eigenvalue weighted by Crippen LogP contribution is 2.13. The summed E-state index contributed by atoms with van der Waals surface area (Å²) in [5.41, 5.74) is 2.45. The Morgan fingerprint density at radius 1 is 1.53 bits per heavy atom. The van der Waals surface area contributed by atoms with Crippen molar-refractivity contribution in [1.82, 2.24) is 9.55 Å². The van der Waals surface area contributed by atoms with Gasteiger partial charge in [-0.3, -0.25) is 4.79 Å². The molecule has 0 saturated heterocycles. The number of aromatic carboxylic acids is 1. The number of carbonyl (C=O) groups is 1. The average Bonchev–Trinajstić information content (AvgIpc) is 2.67. The van der Waals surface area contributed by atoms with Gasteiger partial charge in [0.2, 0.25) is 0 Å². The van der Waals surface area contributed by atoms with E-state index in [0.29, 0.717) is 6.54 Å². The van der Waals surface area contributed by atoms with Gasteiger partial charge in [0.25, 0.3) is 5.56 Å². The van der Waals surface area contributed by atoms with Crippen molar-refractivity contribution in [2.24, 2.45) is 0 Å². The van der Waals surface area contributed by atoms with E-state index in [1.807, 2.05) is 6.92 Å². The van der Waals surface area contributed by atoms with Crippen molar-refractivity contribution in [3.63, 3.8) is 0 Å². The molecule has 2 aromatic rings. The number of pyridine rings is 1. The van der Waals surface area contributed by atoms with Crippen LogP contribution in [0.5, 0.6) is 0 Å². The Hall–Kier alpha value is -1.95. The zero-order valence-electron chi connectivity index (χ0n) is 9.08. The molecule has 0 amide bonds. The van der Waals surface area contributed by atoms with Gasteiger partial charge in [-0.25, -0.2) is 9.78 Å². The molecule has 0 radical (unpaired) electrons. The van der Waals surface area contributed by atoms with E-state index in [9.17, 15) is 9.59 Å². The van der Waals surface area contributed by atoms with Crippen molar-refractivity contribution in [3.05, 3.63) is 50.3 Å². The molecular weight excluding hydrogens is 240 g/mol. The smallest absolute Gasteiger partial charge is 0.337 e. The number of hydrogen-bond donors (Lipinski definition) is 1. The molecule has 0 saturated carbocycles. The van der Waals surface area contributed by atoms with Crippen molar-refractivity contribution >= 4 is 17.3 Å². The molecule has 0 bridgehead atoms. The summed E-state index contributed by atoms with van der Waals surface area (Å²) in [5, 5.41) is 8.86. The molecule has 1 N–H and O–H groups in total. The van der Waals surface area contributed by atoms with Crippen LogP contribution in [0.1, 0.15) is 20.9 Å². The Balaban J connectivity index is 2.39. The minimum atomic E-state index is -1.04. The van der Waals surface area contributed by atoms with Crippen LogP contribution >= 0.6 is 11.3 Å². The lowest BCUT2D eigenvalue weighted by molar-refractivity contribution is 0.0696. The summed E-state index contributed by atoms with van der Waals surface area (Å²) in [6.07, 6.45) is 1.35. The van der Waals surface area contributed by atoms with Gasteiger partial charge in [0.1, 0.15) is 0 Å². The van der Waals surface area contributed by atoms with E-state index >= 15 is 0 Å². The van der Waals surface area contributed by atoms with Gasteiger partial charge in [-0.05, 0) is 13.0 Å². The lowest BCUT2D eigenvalue weighted by Gasteiger charge is -2.05. The summed E-state index contributed by atoms with van der Waals surface area (Å²) in [6, 6.07) is 2.57. The molecule has 0 fully saturated rings. The highest BCUT2D eigenvalue weighted by Gasteiger charge is 2.07. The number of rotatable bonds is 3. The van der Waals surface area contributed by atoms with Crippen LogP contribution in [-0.4, -0.2) is 20.6 Å². The third kappa shape index (κ3) is 2.42. The third-order valence-electron chi connectivity index (χ3n) is 2.39. The van der Waals surface area contributed by atoms with Crippen LogP contribution in [0, 0.1) is 6.92 Å². The van der Waals surface area contributed by atoms with Crippen LogP contribution in [0.15, 0.2) is 28.6 Å². The Morgan fingerprint density at radius 3 is 2.88 bits per heavy atom. The number of aromatic nitrogens is 2. The second-order valence-electron chi connectivity index (χ2n) is 3.55. The molecule has 0 aliphatic heterocycles. The summed E-state index contributed by atoms with van der Waals surface area (Å²) in [6.45, 7) is 2.22. The predicted molar refractivity (Wildman–Crippen MR) is 63.6 cm³/mol. The molecule has 2 heterocycles. The van der Waals surface area contributed by atoms with Gasteiger partial charge in [-0.1, -0.05) is 0 Å². The Morgan fingerprint density at radius 2 is 2.29 bits per heavy atom. The molecule has 88 valence electrons. The number of hydrogen-bond acceptors (Lipinski definition) is 4. The maximum absolute atomic E-state index is 11.6. The first-order valence-corrected chi connectivity index (χ1v) is 5.78. The fourth-order valence-corrected chi connectivity index (χ4v) is 2.19. The summed E-state index contributed by atoms with van der Waals surface area (Å²) in [5.74, 6) is -1.04. The van der Waals surface area contributed by atoms with E-state index in [1.54, 1.807) is 5.51 Å². The first-order chi connectivity index (χ1) is 8.08. The van der Waals surface area contributed by atoms with Gasteiger partial charge in [-0.2, -0.15) is 0 Å². The van der Waals surface area contributed by atoms with E-state index in [2.05, 4.69) is 4.98 Å². The molecule has 0 atom stereocenters.